The predicted octanol–water partition coefficient (Wildman–Crippen LogP) is 2.71. The van der Waals surface area contributed by atoms with Gasteiger partial charge in [0, 0.05) is 17.3 Å². The van der Waals surface area contributed by atoms with Gasteiger partial charge in [-0.1, -0.05) is 37.1 Å². The minimum absolute atomic E-state index is 0.106. The predicted molar refractivity (Wildman–Crippen MR) is 97.8 cm³/mol. The lowest BCUT2D eigenvalue weighted by Gasteiger charge is -2.22. The van der Waals surface area contributed by atoms with Gasteiger partial charge in [-0.15, -0.1) is 16.4 Å². The molecule has 2 heterocycles. The zero-order valence-electron chi connectivity index (χ0n) is 13.8. The number of amides is 3. The Balaban J connectivity index is 1.38. The van der Waals surface area contributed by atoms with Crippen LogP contribution in [0.25, 0.3) is 0 Å². The lowest BCUT2D eigenvalue weighted by molar-refractivity contribution is -0.117. The van der Waals surface area contributed by atoms with Gasteiger partial charge < -0.3 is 5.32 Å². The Labute approximate surface area is 154 Å². The van der Waals surface area contributed by atoms with Crippen LogP contribution < -0.4 is 10.6 Å². The van der Waals surface area contributed by atoms with Crippen LogP contribution >= 0.6 is 23.1 Å². The summed E-state index contributed by atoms with van der Waals surface area (Å²) >= 11 is 2.87. The van der Waals surface area contributed by atoms with Crippen LogP contribution in [0.5, 0.6) is 0 Å². The quantitative estimate of drug-likeness (QED) is 0.670. The Morgan fingerprint density at radius 2 is 2.16 bits per heavy atom. The molecule has 3 N–H and O–H groups in total. The highest BCUT2D eigenvalue weighted by atomic mass is 32.2. The molecular weight excluding hydrogens is 358 g/mol. The highest BCUT2D eigenvalue weighted by molar-refractivity contribution is 7.99. The lowest BCUT2D eigenvalue weighted by Crippen LogP contribution is -2.45. The number of urea groups is 1. The first-order valence-corrected chi connectivity index (χ1v) is 10.2. The van der Waals surface area contributed by atoms with Gasteiger partial charge in [-0.05, 0) is 24.3 Å². The molecule has 0 saturated heterocycles. The number of imide groups is 1. The van der Waals surface area contributed by atoms with Crippen molar-refractivity contribution in [2.75, 3.05) is 5.75 Å². The van der Waals surface area contributed by atoms with E-state index in [-0.39, 0.29) is 17.7 Å². The maximum Gasteiger partial charge on any atom is 0.321 e. The number of thioether (sulfide) groups is 1. The summed E-state index contributed by atoms with van der Waals surface area (Å²) in [5, 5.41) is 14.7. The summed E-state index contributed by atoms with van der Waals surface area (Å²) in [5.74, 6) is 0.525. The van der Waals surface area contributed by atoms with Gasteiger partial charge in [-0.2, -0.15) is 0 Å². The van der Waals surface area contributed by atoms with Crippen molar-refractivity contribution in [1.82, 2.24) is 25.8 Å². The average Bonchev–Trinajstić information content (AvgIpc) is 3.26. The molecule has 0 radical (unpaired) electrons. The van der Waals surface area contributed by atoms with Gasteiger partial charge in [0.2, 0.25) is 11.1 Å². The number of thiophene rings is 1. The fourth-order valence-corrected chi connectivity index (χ4v) is 4.09. The van der Waals surface area contributed by atoms with Gasteiger partial charge in [0.1, 0.15) is 5.82 Å². The van der Waals surface area contributed by atoms with Crippen molar-refractivity contribution in [3.8, 4) is 0 Å². The topological polar surface area (TPSA) is 99.8 Å². The van der Waals surface area contributed by atoms with Crippen molar-refractivity contribution in [3.63, 3.8) is 0 Å². The molecule has 25 heavy (non-hydrogen) atoms. The third-order valence-corrected chi connectivity index (χ3v) is 5.68. The minimum Gasteiger partial charge on any atom is -0.335 e. The van der Waals surface area contributed by atoms with Gasteiger partial charge >= 0.3 is 6.03 Å². The van der Waals surface area contributed by atoms with E-state index in [2.05, 4.69) is 25.8 Å². The first kappa shape index (κ1) is 17.9. The summed E-state index contributed by atoms with van der Waals surface area (Å²) in [6.45, 7) is 0. The van der Waals surface area contributed by atoms with Crippen LogP contribution in [0.4, 0.5) is 4.79 Å². The lowest BCUT2D eigenvalue weighted by atomic mass is 9.96. The van der Waals surface area contributed by atoms with E-state index in [4.69, 9.17) is 0 Å². The maximum atomic E-state index is 11.9. The molecule has 134 valence electrons. The van der Waals surface area contributed by atoms with E-state index >= 15 is 0 Å². The molecule has 1 saturated carbocycles. The van der Waals surface area contributed by atoms with Gasteiger partial charge in [0.25, 0.3) is 0 Å². The minimum atomic E-state index is -0.411. The van der Waals surface area contributed by atoms with E-state index in [0.717, 1.165) is 31.5 Å². The zero-order chi connectivity index (χ0) is 17.5. The smallest absolute Gasteiger partial charge is 0.321 e. The second-order valence-corrected chi connectivity index (χ2v) is 7.94. The van der Waals surface area contributed by atoms with E-state index in [0.29, 0.717) is 11.6 Å². The number of aromatic amines is 1. The summed E-state index contributed by atoms with van der Waals surface area (Å²) in [5.41, 5.74) is 0. The third-order valence-electron chi connectivity index (χ3n) is 3.96. The molecule has 1 fully saturated rings. The van der Waals surface area contributed by atoms with Crippen LogP contribution in [0.1, 0.15) is 42.8 Å². The average molecular weight is 380 g/mol. The van der Waals surface area contributed by atoms with Crippen LogP contribution in [0, 0.1) is 0 Å². The fourth-order valence-electron chi connectivity index (χ4n) is 2.76. The number of hydrogen-bond donors (Lipinski definition) is 3. The van der Waals surface area contributed by atoms with Crippen molar-refractivity contribution in [1.29, 1.82) is 0 Å². The van der Waals surface area contributed by atoms with Crippen LogP contribution in [0.2, 0.25) is 0 Å². The molecule has 0 unspecified atom stereocenters. The molecule has 1 aliphatic rings. The number of rotatable bonds is 6. The first-order chi connectivity index (χ1) is 12.2. The summed E-state index contributed by atoms with van der Waals surface area (Å²) in [4.78, 5) is 29.3. The summed E-state index contributed by atoms with van der Waals surface area (Å²) in [7, 11) is 0. The van der Waals surface area contributed by atoms with Crippen molar-refractivity contribution in [2.45, 2.75) is 49.7 Å². The molecule has 9 heteroatoms. The Morgan fingerprint density at radius 1 is 1.32 bits per heavy atom. The molecular formula is C16H21N5O2S2. The molecule has 0 bridgehead atoms. The van der Waals surface area contributed by atoms with Gasteiger partial charge in [0.05, 0.1) is 5.75 Å². The molecule has 1 aliphatic carbocycles. The molecule has 0 aliphatic heterocycles. The number of H-pyrrole nitrogens is 1. The first-order valence-electron chi connectivity index (χ1n) is 8.36. The standard InChI is InChI=1S/C16H21N5O2S2/c22-14(19-15(23)17-11-5-2-1-3-6-11)10-25-16-18-13(20-21-16)9-12-7-4-8-24-12/h4,7-8,11H,1-3,5-6,9-10H2,(H,18,20,21)(H2,17,19,22,23). The zero-order valence-corrected chi connectivity index (χ0v) is 15.4. The van der Waals surface area contributed by atoms with E-state index in [9.17, 15) is 9.59 Å². The second-order valence-electron chi connectivity index (χ2n) is 5.97. The number of aromatic nitrogens is 3. The Bertz CT molecular complexity index is 695. The molecule has 2 aromatic heterocycles. The van der Waals surface area contributed by atoms with Gasteiger partial charge in [0.15, 0.2) is 0 Å². The van der Waals surface area contributed by atoms with Gasteiger partial charge in [-0.3, -0.25) is 15.2 Å². The molecule has 7 nitrogen and oxygen atoms in total. The molecule has 3 rings (SSSR count). The fraction of sp³-hybridized carbons (Fsp3) is 0.500. The summed E-state index contributed by atoms with van der Waals surface area (Å²) < 4.78 is 0. The van der Waals surface area contributed by atoms with E-state index in [1.54, 1.807) is 11.3 Å². The number of nitrogens with zero attached hydrogens (tertiary/aromatic N) is 2. The van der Waals surface area contributed by atoms with Crippen molar-refractivity contribution in [2.24, 2.45) is 0 Å². The highest BCUT2D eigenvalue weighted by Crippen LogP contribution is 2.17. The normalized spacial score (nSPS) is 15.0. The third kappa shape index (κ3) is 5.86. The Hall–Kier alpha value is -1.87. The molecule has 2 aromatic rings. The number of hydrogen-bond acceptors (Lipinski definition) is 6. The highest BCUT2D eigenvalue weighted by Gasteiger charge is 2.17. The van der Waals surface area contributed by atoms with Crippen LogP contribution in [-0.2, 0) is 11.2 Å². The number of carbonyl (C=O) groups is 2. The maximum absolute atomic E-state index is 11.9. The summed E-state index contributed by atoms with van der Waals surface area (Å²) in [6, 6.07) is 3.81. The monoisotopic (exact) mass is 379 g/mol. The molecule has 0 atom stereocenters. The number of carbonyl (C=O) groups excluding carboxylic acids is 2. The number of nitrogens with one attached hydrogen (secondary N) is 3. The molecule has 0 spiro atoms. The van der Waals surface area contributed by atoms with Crippen molar-refractivity contribution < 1.29 is 9.59 Å². The van der Waals surface area contributed by atoms with Crippen molar-refractivity contribution >= 4 is 35.0 Å². The molecule has 0 aromatic carbocycles. The summed E-state index contributed by atoms with van der Waals surface area (Å²) in [6.07, 6.45) is 6.16. The van der Waals surface area contributed by atoms with Crippen LogP contribution in [0.3, 0.4) is 0 Å². The Kier molecular flexibility index (Phi) is 6.46. The van der Waals surface area contributed by atoms with Gasteiger partial charge in [-0.25, -0.2) is 9.78 Å². The second kappa shape index (κ2) is 9.00. The molecule has 3 amide bonds. The van der Waals surface area contributed by atoms with Crippen LogP contribution in [-0.4, -0.2) is 38.9 Å². The van der Waals surface area contributed by atoms with Crippen LogP contribution in [0.15, 0.2) is 22.7 Å². The largest absolute Gasteiger partial charge is 0.335 e. The van der Waals surface area contributed by atoms with Crippen molar-refractivity contribution in [3.05, 3.63) is 28.2 Å². The van der Waals surface area contributed by atoms with E-state index in [1.165, 1.54) is 23.1 Å². The Morgan fingerprint density at radius 3 is 2.92 bits per heavy atom. The van der Waals surface area contributed by atoms with E-state index < -0.39 is 6.03 Å². The van der Waals surface area contributed by atoms with E-state index in [1.807, 2.05) is 17.5 Å². The SMILES string of the molecule is O=C(CSc1n[nH]c(Cc2cccs2)n1)NC(=O)NC1CCCCC1.